The number of fused-ring (bicyclic) bond motifs is 1. The molecular formula is C22H27N9O3S. The van der Waals surface area contributed by atoms with Crippen molar-refractivity contribution in [3.05, 3.63) is 35.9 Å². The van der Waals surface area contributed by atoms with Crippen LogP contribution in [0.3, 0.4) is 0 Å². The third-order valence-electron chi connectivity index (χ3n) is 6.30. The number of nitrogen functional groups attached to an aromatic ring is 1. The zero-order valence-electron chi connectivity index (χ0n) is 19.5. The largest absolute Gasteiger partial charge is 0.383 e. The van der Waals surface area contributed by atoms with Crippen LogP contribution in [0.15, 0.2) is 24.7 Å². The van der Waals surface area contributed by atoms with Gasteiger partial charge < -0.3 is 19.8 Å². The van der Waals surface area contributed by atoms with Crippen molar-refractivity contribution in [3.8, 4) is 17.3 Å². The topological polar surface area (TPSA) is 146 Å². The first-order valence-electron chi connectivity index (χ1n) is 11.4. The molecule has 2 aliphatic heterocycles. The molecule has 5 rings (SSSR count). The third-order valence-corrected chi connectivity index (χ3v) is 7.60. The maximum Gasteiger partial charge on any atom is 0.211 e. The van der Waals surface area contributed by atoms with Gasteiger partial charge in [-0.2, -0.15) is 9.57 Å². The number of nitrogens with zero attached hydrogens (tertiary/aromatic N) is 8. The number of nitrogens with two attached hydrogens (primary N) is 1. The fourth-order valence-corrected chi connectivity index (χ4v) is 5.22. The van der Waals surface area contributed by atoms with E-state index in [-0.39, 0.29) is 5.82 Å². The van der Waals surface area contributed by atoms with E-state index < -0.39 is 10.0 Å². The van der Waals surface area contributed by atoms with Gasteiger partial charge in [-0.15, -0.1) is 0 Å². The van der Waals surface area contributed by atoms with Crippen molar-refractivity contribution in [2.24, 2.45) is 0 Å². The van der Waals surface area contributed by atoms with Crippen LogP contribution in [-0.2, 0) is 21.3 Å². The smallest absolute Gasteiger partial charge is 0.211 e. The number of rotatable bonds is 5. The van der Waals surface area contributed by atoms with E-state index in [0.717, 1.165) is 17.2 Å². The van der Waals surface area contributed by atoms with Gasteiger partial charge in [-0.3, -0.25) is 4.90 Å². The Morgan fingerprint density at radius 3 is 2.54 bits per heavy atom. The quantitative estimate of drug-likeness (QED) is 0.517. The zero-order chi connectivity index (χ0) is 24.6. The van der Waals surface area contributed by atoms with Crippen LogP contribution >= 0.6 is 0 Å². The lowest BCUT2D eigenvalue weighted by Gasteiger charge is -2.32. The van der Waals surface area contributed by atoms with Crippen LogP contribution in [-0.4, -0.2) is 95.7 Å². The molecule has 0 aromatic carbocycles. The van der Waals surface area contributed by atoms with E-state index in [9.17, 15) is 13.7 Å². The lowest BCUT2D eigenvalue weighted by Crippen LogP contribution is -2.47. The van der Waals surface area contributed by atoms with Crippen molar-refractivity contribution < 1.29 is 13.2 Å². The van der Waals surface area contributed by atoms with Gasteiger partial charge in [0.05, 0.1) is 36.4 Å². The first kappa shape index (κ1) is 23.4. The Balaban J connectivity index is 1.48. The van der Waals surface area contributed by atoms with Crippen LogP contribution < -0.4 is 10.6 Å². The van der Waals surface area contributed by atoms with Crippen LogP contribution in [0.1, 0.15) is 11.3 Å². The number of hydrogen-bond donors (Lipinski definition) is 1. The second kappa shape index (κ2) is 9.38. The molecule has 0 radical (unpaired) electrons. The Labute approximate surface area is 203 Å². The fourth-order valence-electron chi connectivity index (χ4n) is 4.39. The maximum absolute atomic E-state index is 11.8. The van der Waals surface area contributed by atoms with Gasteiger partial charge in [-0.05, 0) is 6.07 Å². The molecule has 2 aliphatic rings. The summed E-state index contributed by atoms with van der Waals surface area (Å²) in [4.78, 5) is 18.3. The Bertz CT molecular complexity index is 1390. The van der Waals surface area contributed by atoms with Crippen LogP contribution in [0.25, 0.3) is 16.9 Å². The van der Waals surface area contributed by atoms with Gasteiger partial charge in [0.2, 0.25) is 10.0 Å². The molecule has 3 aromatic heterocycles. The Morgan fingerprint density at radius 2 is 1.86 bits per heavy atom. The Morgan fingerprint density at radius 1 is 1.11 bits per heavy atom. The number of imidazole rings is 1. The molecule has 0 atom stereocenters. The summed E-state index contributed by atoms with van der Waals surface area (Å²) in [5.74, 6) is 0.931. The zero-order valence-corrected chi connectivity index (χ0v) is 20.3. The number of ether oxygens (including phenoxy) is 1. The number of anilines is 2. The summed E-state index contributed by atoms with van der Waals surface area (Å²) in [5.41, 5.74) is 9.08. The van der Waals surface area contributed by atoms with E-state index in [1.54, 1.807) is 12.3 Å². The Kier molecular flexibility index (Phi) is 6.28. The van der Waals surface area contributed by atoms with Gasteiger partial charge in [0.1, 0.15) is 11.9 Å². The Hall–Kier alpha value is -3.31. The standard InChI is InChI=1S/C22H27N9O3S/c1-35(32,33)31-4-2-28(3-5-31)13-18-14-30-15-19(17-10-16(11-23)20(24)25-12-17)27-22(21(30)26-18)29-6-8-34-9-7-29/h10,12,14-15H,2-9,13H2,1H3,(H2,24,25). The SMILES string of the molecule is CS(=O)(=O)N1CCN(Cc2cn3cc(-c4cnc(N)c(C#N)c4)nc(N4CCOCC4)c3n2)CC1. The van der Waals surface area contributed by atoms with Crippen molar-refractivity contribution in [2.45, 2.75) is 6.54 Å². The van der Waals surface area contributed by atoms with Gasteiger partial charge in [-0.1, -0.05) is 0 Å². The lowest BCUT2D eigenvalue weighted by atomic mass is 10.1. The minimum absolute atomic E-state index is 0.187. The number of hydrogen-bond acceptors (Lipinski definition) is 10. The van der Waals surface area contributed by atoms with Crippen molar-refractivity contribution in [3.63, 3.8) is 0 Å². The van der Waals surface area contributed by atoms with Crippen LogP contribution in [0.2, 0.25) is 0 Å². The highest BCUT2D eigenvalue weighted by Crippen LogP contribution is 2.27. The van der Waals surface area contributed by atoms with Crippen LogP contribution in [0.5, 0.6) is 0 Å². The monoisotopic (exact) mass is 497 g/mol. The molecule has 3 aromatic rings. The molecule has 0 amide bonds. The molecule has 0 bridgehead atoms. The molecule has 2 saturated heterocycles. The summed E-state index contributed by atoms with van der Waals surface area (Å²) in [6.07, 6.45) is 6.72. The highest BCUT2D eigenvalue weighted by molar-refractivity contribution is 7.88. The van der Waals surface area contributed by atoms with Crippen molar-refractivity contribution in [1.82, 2.24) is 28.6 Å². The van der Waals surface area contributed by atoms with Crippen molar-refractivity contribution in [2.75, 3.05) is 69.4 Å². The maximum atomic E-state index is 11.8. The fraction of sp³-hybridized carbons (Fsp3) is 0.455. The van der Waals surface area contributed by atoms with Crippen LogP contribution in [0.4, 0.5) is 11.6 Å². The molecule has 35 heavy (non-hydrogen) atoms. The normalized spacial score (nSPS) is 18.1. The first-order chi connectivity index (χ1) is 16.8. The van der Waals surface area contributed by atoms with Gasteiger partial charge in [-0.25, -0.2) is 23.4 Å². The van der Waals surface area contributed by atoms with Gasteiger partial charge >= 0.3 is 0 Å². The summed E-state index contributed by atoms with van der Waals surface area (Å²) < 4.78 is 32.6. The summed E-state index contributed by atoms with van der Waals surface area (Å²) in [6.45, 7) is 5.47. The molecule has 13 heteroatoms. The number of aromatic nitrogens is 4. The molecule has 2 N–H and O–H groups in total. The highest BCUT2D eigenvalue weighted by Gasteiger charge is 2.25. The van der Waals surface area contributed by atoms with E-state index in [2.05, 4.69) is 20.9 Å². The number of sulfonamides is 1. The minimum atomic E-state index is -3.17. The second-order valence-corrected chi connectivity index (χ2v) is 10.7. The van der Waals surface area contributed by atoms with Gasteiger partial charge in [0.15, 0.2) is 11.5 Å². The first-order valence-corrected chi connectivity index (χ1v) is 13.2. The number of morpholine rings is 1. The van der Waals surface area contributed by atoms with E-state index >= 15 is 0 Å². The molecule has 0 saturated carbocycles. The molecule has 5 heterocycles. The lowest BCUT2D eigenvalue weighted by molar-refractivity contribution is 0.122. The van der Waals surface area contributed by atoms with E-state index in [0.29, 0.717) is 75.8 Å². The van der Waals surface area contributed by atoms with Crippen molar-refractivity contribution >= 4 is 27.3 Å². The summed E-state index contributed by atoms with van der Waals surface area (Å²) >= 11 is 0. The van der Waals surface area contributed by atoms with Crippen LogP contribution in [0, 0.1) is 11.3 Å². The van der Waals surface area contributed by atoms with E-state index in [1.165, 1.54) is 10.6 Å². The summed E-state index contributed by atoms with van der Waals surface area (Å²) in [6, 6.07) is 3.77. The molecule has 0 unspecified atom stereocenters. The number of nitriles is 1. The molecule has 184 valence electrons. The average molecular weight is 498 g/mol. The third kappa shape index (κ3) is 4.92. The van der Waals surface area contributed by atoms with E-state index in [1.807, 2.05) is 16.8 Å². The summed E-state index contributed by atoms with van der Waals surface area (Å²) in [5, 5.41) is 9.37. The second-order valence-electron chi connectivity index (χ2n) is 8.72. The molecule has 12 nitrogen and oxygen atoms in total. The molecular weight excluding hydrogens is 470 g/mol. The summed E-state index contributed by atoms with van der Waals surface area (Å²) in [7, 11) is -3.17. The molecule has 0 aliphatic carbocycles. The number of pyridine rings is 1. The minimum Gasteiger partial charge on any atom is -0.383 e. The molecule has 2 fully saturated rings. The molecule has 0 spiro atoms. The highest BCUT2D eigenvalue weighted by atomic mass is 32.2. The van der Waals surface area contributed by atoms with Crippen molar-refractivity contribution in [1.29, 1.82) is 5.26 Å². The van der Waals surface area contributed by atoms with Gasteiger partial charge in [0, 0.05) is 70.0 Å². The predicted octanol–water partition coefficient (Wildman–Crippen LogP) is 0.159. The van der Waals surface area contributed by atoms with Gasteiger partial charge in [0.25, 0.3) is 0 Å². The number of piperazine rings is 1. The van der Waals surface area contributed by atoms with E-state index in [4.69, 9.17) is 20.4 Å². The average Bonchev–Trinajstić information content (AvgIpc) is 3.26. The predicted molar refractivity (Wildman–Crippen MR) is 130 cm³/mol.